The average Bonchev–Trinajstić information content (AvgIpc) is 2.23. The molecule has 0 aliphatic heterocycles. The van der Waals surface area contributed by atoms with E-state index in [1.165, 1.54) is 19.3 Å². The molecule has 0 rings (SSSR count). The monoisotopic (exact) mass is 246 g/mol. The Morgan fingerprint density at radius 2 is 1.62 bits per heavy atom. The van der Waals surface area contributed by atoms with Crippen molar-refractivity contribution in [2.24, 2.45) is 0 Å². The van der Waals surface area contributed by atoms with Crippen LogP contribution in [0.5, 0.6) is 0 Å². The van der Waals surface area contributed by atoms with Crippen LogP contribution < -0.4 is 0 Å². The van der Waals surface area contributed by atoms with Gasteiger partial charge in [0, 0.05) is 6.16 Å². The second-order valence-electron chi connectivity index (χ2n) is 4.42. The first kappa shape index (κ1) is 15.9. The molecule has 0 amide bonds. The Morgan fingerprint density at radius 3 is 2.25 bits per heavy atom. The third kappa shape index (κ3) is 10.4. The van der Waals surface area contributed by atoms with Crippen LogP contribution in [-0.2, 0) is 4.57 Å². The van der Waals surface area contributed by atoms with E-state index in [0.29, 0.717) is 6.16 Å². The molecular weight excluding hydrogens is 219 g/mol. The lowest BCUT2D eigenvalue weighted by molar-refractivity contribution is 0.485. The molecule has 16 heavy (non-hydrogen) atoms. The lowest BCUT2D eigenvalue weighted by atomic mass is 10.2. The average molecular weight is 246 g/mol. The zero-order valence-electron chi connectivity index (χ0n) is 10.8. The molecule has 1 atom stereocenters. The summed E-state index contributed by atoms with van der Waals surface area (Å²) in [7, 11) is -2.96. The van der Waals surface area contributed by atoms with E-state index in [1.54, 1.807) is 5.82 Å². The fourth-order valence-electron chi connectivity index (χ4n) is 1.59. The van der Waals surface area contributed by atoms with Crippen molar-refractivity contribution in [3.05, 3.63) is 11.9 Å². The molecule has 0 aromatic heterocycles. The fourth-order valence-corrected chi connectivity index (χ4v) is 2.90. The third-order valence-corrected chi connectivity index (χ3v) is 4.28. The number of allylic oxidation sites excluding steroid dienone is 1. The van der Waals surface area contributed by atoms with Crippen molar-refractivity contribution < 1.29 is 9.46 Å². The highest BCUT2D eigenvalue weighted by Crippen LogP contribution is 2.43. The minimum atomic E-state index is -2.96. The van der Waals surface area contributed by atoms with E-state index in [-0.39, 0.29) is 0 Å². The standard InChI is InChI=1S/C13H27O2P/c1-3-5-7-8-9-11-13-16(14,15)12-10-6-4-2/h11,13H,3-10,12H2,1-2H3,(H,14,15). The molecule has 0 aromatic rings. The van der Waals surface area contributed by atoms with Gasteiger partial charge in [0.15, 0.2) is 0 Å². The molecule has 0 aliphatic carbocycles. The van der Waals surface area contributed by atoms with E-state index < -0.39 is 7.37 Å². The maximum absolute atomic E-state index is 11.6. The molecule has 2 nitrogen and oxygen atoms in total. The van der Waals surface area contributed by atoms with Crippen LogP contribution in [0.4, 0.5) is 0 Å². The van der Waals surface area contributed by atoms with Crippen LogP contribution >= 0.6 is 7.37 Å². The van der Waals surface area contributed by atoms with E-state index >= 15 is 0 Å². The van der Waals surface area contributed by atoms with Crippen molar-refractivity contribution in [3.8, 4) is 0 Å². The molecule has 0 spiro atoms. The third-order valence-electron chi connectivity index (χ3n) is 2.64. The first-order chi connectivity index (χ1) is 7.62. The maximum Gasteiger partial charge on any atom is 0.222 e. The van der Waals surface area contributed by atoms with Gasteiger partial charge in [-0.3, -0.25) is 4.57 Å². The summed E-state index contributed by atoms with van der Waals surface area (Å²) >= 11 is 0. The zero-order valence-corrected chi connectivity index (χ0v) is 11.7. The van der Waals surface area contributed by atoms with Crippen LogP contribution in [0.1, 0.15) is 65.2 Å². The van der Waals surface area contributed by atoms with Crippen molar-refractivity contribution in [1.29, 1.82) is 0 Å². The quantitative estimate of drug-likeness (QED) is 0.438. The van der Waals surface area contributed by atoms with Crippen LogP contribution in [0.15, 0.2) is 11.9 Å². The smallest absolute Gasteiger partial charge is 0.222 e. The molecule has 0 aliphatic rings. The summed E-state index contributed by atoms with van der Waals surface area (Å²) in [5, 5.41) is 0. The minimum absolute atomic E-state index is 0.451. The minimum Gasteiger partial charge on any atom is -0.341 e. The van der Waals surface area contributed by atoms with E-state index in [1.807, 2.05) is 6.08 Å². The van der Waals surface area contributed by atoms with Gasteiger partial charge in [0.25, 0.3) is 0 Å². The molecule has 0 bridgehead atoms. The van der Waals surface area contributed by atoms with Gasteiger partial charge in [-0.15, -0.1) is 0 Å². The normalized spacial score (nSPS) is 15.4. The van der Waals surface area contributed by atoms with Crippen molar-refractivity contribution in [2.75, 3.05) is 6.16 Å². The number of hydrogen-bond donors (Lipinski definition) is 1. The summed E-state index contributed by atoms with van der Waals surface area (Å²) in [4.78, 5) is 9.61. The molecule has 0 fully saturated rings. The highest BCUT2D eigenvalue weighted by molar-refractivity contribution is 7.61. The summed E-state index contributed by atoms with van der Waals surface area (Å²) in [5.41, 5.74) is 0. The van der Waals surface area contributed by atoms with Gasteiger partial charge >= 0.3 is 0 Å². The Kier molecular flexibility index (Phi) is 10.1. The zero-order chi connectivity index (χ0) is 12.3. The van der Waals surface area contributed by atoms with E-state index in [9.17, 15) is 9.46 Å². The van der Waals surface area contributed by atoms with Crippen LogP contribution in [-0.4, -0.2) is 11.1 Å². The van der Waals surface area contributed by atoms with Crippen molar-refractivity contribution >= 4 is 7.37 Å². The first-order valence-corrected chi connectivity index (χ1v) is 8.53. The van der Waals surface area contributed by atoms with Gasteiger partial charge in [0.1, 0.15) is 0 Å². The summed E-state index contributed by atoms with van der Waals surface area (Å²) in [6.45, 7) is 4.29. The molecule has 0 saturated carbocycles. The maximum atomic E-state index is 11.6. The van der Waals surface area contributed by atoms with Gasteiger partial charge in [0.05, 0.1) is 0 Å². The Morgan fingerprint density at radius 1 is 1.00 bits per heavy atom. The highest BCUT2D eigenvalue weighted by atomic mass is 31.2. The van der Waals surface area contributed by atoms with Gasteiger partial charge in [0.2, 0.25) is 7.37 Å². The SMILES string of the molecule is CCCCCCC=CP(=O)(O)CCCCC. The van der Waals surface area contributed by atoms with Crippen molar-refractivity contribution in [1.82, 2.24) is 0 Å². The van der Waals surface area contributed by atoms with Crippen LogP contribution in [0, 0.1) is 0 Å². The first-order valence-electron chi connectivity index (χ1n) is 6.61. The Balaban J connectivity index is 3.61. The molecule has 1 N–H and O–H groups in total. The number of unbranched alkanes of at least 4 members (excludes halogenated alkanes) is 6. The van der Waals surface area contributed by atoms with E-state index in [2.05, 4.69) is 13.8 Å². The molecule has 96 valence electrons. The van der Waals surface area contributed by atoms with Crippen molar-refractivity contribution in [2.45, 2.75) is 65.2 Å². The molecular formula is C13H27O2P. The molecule has 0 aromatic carbocycles. The van der Waals surface area contributed by atoms with E-state index in [0.717, 1.165) is 32.1 Å². The van der Waals surface area contributed by atoms with Crippen LogP contribution in [0.25, 0.3) is 0 Å². The van der Waals surface area contributed by atoms with Crippen molar-refractivity contribution in [3.63, 3.8) is 0 Å². The van der Waals surface area contributed by atoms with Gasteiger partial charge < -0.3 is 4.89 Å². The largest absolute Gasteiger partial charge is 0.341 e. The van der Waals surface area contributed by atoms with Gasteiger partial charge in [-0.1, -0.05) is 52.0 Å². The van der Waals surface area contributed by atoms with Crippen LogP contribution in [0.2, 0.25) is 0 Å². The van der Waals surface area contributed by atoms with E-state index in [4.69, 9.17) is 0 Å². The Labute approximate surface area is 101 Å². The molecule has 3 heteroatoms. The number of rotatable bonds is 10. The molecule has 1 unspecified atom stereocenters. The topological polar surface area (TPSA) is 37.3 Å². The summed E-state index contributed by atoms with van der Waals surface area (Å²) < 4.78 is 11.6. The second-order valence-corrected chi connectivity index (χ2v) is 6.68. The fraction of sp³-hybridized carbons (Fsp3) is 0.846. The summed E-state index contributed by atoms with van der Waals surface area (Å²) in [5.74, 6) is 1.55. The molecule has 0 heterocycles. The molecule has 0 saturated heterocycles. The molecule has 0 radical (unpaired) electrons. The summed E-state index contributed by atoms with van der Waals surface area (Å²) in [6.07, 6.45) is 11.2. The Bertz CT molecular complexity index is 224. The second kappa shape index (κ2) is 10.1. The predicted octanol–water partition coefficient (Wildman–Crippen LogP) is 4.93. The summed E-state index contributed by atoms with van der Waals surface area (Å²) in [6, 6.07) is 0. The van der Waals surface area contributed by atoms with Gasteiger partial charge in [-0.2, -0.15) is 0 Å². The van der Waals surface area contributed by atoms with Crippen LogP contribution in [0.3, 0.4) is 0 Å². The Hall–Kier alpha value is -0.0700. The predicted molar refractivity (Wildman–Crippen MR) is 72.1 cm³/mol. The number of hydrogen-bond acceptors (Lipinski definition) is 1. The van der Waals surface area contributed by atoms with Gasteiger partial charge in [-0.05, 0) is 25.1 Å². The van der Waals surface area contributed by atoms with Gasteiger partial charge in [-0.25, -0.2) is 0 Å². The lowest BCUT2D eigenvalue weighted by Gasteiger charge is -2.05. The lowest BCUT2D eigenvalue weighted by Crippen LogP contribution is -1.86. The highest BCUT2D eigenvalue weighted by Gasteiger charge is 2.11.